The average molecular weight is 348 g/mol. The van der Waals surface area contributed by atoms with Gasteiger partial charge in [0, 0.05) is 16.8 Å². The second kappa shape index (κ2) is 7.96. The minimum absolute atomic E-state index is 0.0348. The third kappa shape index (κ3) is 5.33. The predicted octanol–water partition coefficient (Wildman–Crippen LogP) is 3.56. The van der Waals surface area contributed by atoms with Crippen molar-refractivity contribution in [1.29, 1.82) is 0 Å². The van der Waals surface area contributed by atoms with Gasteiger partial charge in [-0.25, -0.2) is 0 Å². The number of aliphatic hydroxyl groups excluding tert-OH is 1. The lowest BCUT2D eigenvalue weighted by Gasteiger charge is -2.08. The molecule has 0 saturated carbocycles. The SMILES string of the molecule is O=C(Cc1cccc(Br)c1)Nc1cccc(CCCO)c1. The molecule has 3 nitrogen and oxygen atoms in total. The molecule has 2 aromatic rings. The van der Waals surface area contributed by atoms with E-state index in [1.54, 1.807) is 0 Å². The molecule has 0 radical (unpaired) electrons. The van der Waals surface area contributed by atoms with E-state index in [2.05, 4.69) is 21.2 Å². The van der Waals surface area contributed by atoms with Gasteiger partial charge in [-0.3, -0.25) is 4.79 Å². The highest BCUT2D eigenvalue weighted by Gasteiger charge is 2.05. The molecule has 21 heavy (non-hydrogen) atoms. The molecule has 0 fully saturated rings. The summed E-state index contributed by atoms with van der Waals surface area (Å²) in [5, 5.41) is 11.8. The molecule has 0 saturated heterocycles. The van der Waals surface area contributed by atoms with Crippen molar-refractivity contribution in [2.24, 2.45) is 0 Å². The molecule has 4 heteroatoms. The van der Waals surface area contributed by atoms with E-state index >= 15 is 0 Å². The fourth-order valence-electron chi connectivity index (χ4n) is 2.13. The number of aryl methyl sites for hydroxylation is 1. The summed E-state index contributed by atoms with van der Waals surface area (Å²) in [5.41, 5.74) is 2.88. The van der Waals surface area contributed by atoms with E-state index < -0.39 is 0 Å². The first-order valence-electron chi connectivity index (χ1n) is 6.91. The fraction of sp³-hybridized carbons (Fsp3) is 0.235. The molecule has 110 valence electrons. The molecule has 1 amide bonds. The molecule has 0 aliphatic heterocycles. The maximum atomic E-state index is 12.1. The van der Waals surface area contributed by atoms with E-state index in [1.807, 2.05) is 48.5 Å². The third-order valence-electron chi connectivity index (χ3n) is 3.09. The smallest absolute Gasteiger partial charge is 0.228 e. The lowest BCUT2D eigenvalue weighted by Crippen LogP contribution is -2.14. The van der Waals surface area contributed by atoms with Gasteiger partial charge in [0.2, 0.25) is 5.91 Å². The predicted molar refractivity (Wildman–Crippen MR) is 88.3 cm³/mol. The van der Waals surface area contributed by atoms with Crippen LogP contribution in [0.2, 0.25) is 0 Å². The lowest BCUT2D eigenvalue weighted by atomic mass is 10.1. The topological polar surface area (TPSA) is 49.3 Å². The van der Waals surface area contributed by atoms with Crippen LogP contribution in [0, 0.1) is 0 Å². The lowest BCUT2D eigenvalue weighted by molar-refractivity contribution is -0.115. The number of hydrogen-bond acceptors (Lipinski definition) is 2. The van der Waals surface area contributed by atoms with Crippen LogP contribution >= 0.6 is 15.9 Å². The van der Waals surface area contributed by atoms with Gasteiger partial charge in [-0.1, -0.05) is 40.2 Å². The second-order valence-electron chi connectivity index (χ2n) is 4.88. The first-order chi connectivity index (χ1) is 10.2. The average Bonchev–Trinajstić information content (AvgIpc) is 2.45. The number of benzene rings is 2. The maximum Gasteiger partial charge on any atom is 0.228 e. The zero-order valence-electron chi connectivity index (χ0n) is 11.7. The molecular formula is C17H18BrNO2. The van der Waals surface area contributed by atoms with E-state index in [0.717, 1.165) is 34.1 Å². The summed E-state index contributed by atoms with van der Waals surface area (Å²) in [6.07, 6.45) is 1.89. The van der Waals surface area contributed by atoms with Crippen LogP contribution in [0.5, 0.6) is 0 Å². The van der Waals surface area contributed by atoms with Crippen LogP contribution in [0.3, 0.4) is 0 Å². The van der Waals surface area contributed by atoms with Gasteiger partial charge in [0.25, 0.3) is 0 Å². The molecule has 2 aromatic carbocycles. The number of nitrogens with one attached hydrogen (secondary N) is 1. The fourth-order valence-corrected chi connectivity index (χ4v) is 2.57. The standard InChI is InChI=1S/C17H18BrNO2/c18-15-7-1-5-14(10-15)12-17(21)19-16-8-2-4-13(11-16)6-3-9-20/h1-2,4-5,7-8,10-11,20H,3,6,9,12H2,(H,19,21). The van der Waals surface area contributed by atoms with Gasteiger partial charge < -0.3 is 10.4 Å². The number of carbonyl (C=O) groups excluding carboxylic acids is 1. The second-order valence-corrected chi connectivity index (χ2v) is 5.80. The highest BCUT2D eigenvalue weighted by atomic mass is 79.9. The minimum Gasteiger partial charge on any atom is -0.396 e. The van der Waals surface area contributed by atoms with Gasteiger partial charge in [0.05, 0.1) is 6.42 Å². The zero-order valence-corrected chi connectivity index (χ0v) is 13.3. The molecule has 0 spiro atoms. The molecule has 2 N–H and O–H groups in total. The van der Waals surface area contributed by atoms with Crippen LogP contribution in [-0.4, -0.2) is 17.6 Å². The molecular weight excluding hydrogens is 330 g/mol. The maximum absolute atomic E-state index is 12.1. The normalized spacial score (nSPS) is 10.4. The van der Waals surface area contributed by atoms with E-state index in [0.29, 0.717) is 6.42 Å². The van der Waals surface area contributed by atoms with Crippen LogP contribution in [0.4, 0.5) is 5.69 Å². The summed E-state index contributed by atoms with van der Waals surface area (Å²) in [6, 6.07) is 15.5. The molecule has 0 aromatic heterocycles. The Morgan fingerprint density at radius 1 is 1.10 bits per heavy atom. The van der Waals surface area contributed by atoms with Crippen molar-refractivity contribution < 1.29 is 9.90 Å². The summed E-state index contributed by atoms with van der Waals surface area (Å²) < 4.78 is 0.971. The van der Waals surface area contributed by atoms with Crippen LogP contribution in [0.15, 0.2) is 53.0 Å². The van der Waals surface area contributed by atoms with Crippen molar-refractivity contribution >= 4 is 27.5 Å². The third-order valence-corrected chi connectivity index (χ3v) is 3.58. The van der Waals surface area contributed by atoms with Gasteiger partial charge in [-0.15, -0.1) is 0 Å². The number of carbonyl (C=O) groups is 1. The molecule has 0 heterocycles. The quantitative estimate of drug-likeness (QED) is 0.839. The van der Waals surface area contributed by atoms with Crippen LogP contribution in [0.1, 0.15) is 17.5 Å². The van der Waals surface area contributed by atoms with Crippen molar-refractivity contribution in [3.8, 4) is 0 Å². The van der Waals surface area contributed by atoms with E-state index in [9.17, 15) is 4.79 Å². The van der Waals surface area contributed by atoms with Crippen molar-refractivity contribution in [2.75, 3.05) is 11.9 Å². The first kappa shape index (κ1) is 15.7. The number of hydrogen-bond donors (Lipinski definition) is 2. The first-order valence-corrected chi connectivity index (χ1v) is 7.71. The van der Waals surface area contributed by atoms with Gasteiger partial charge in [-0.2, -0.15) is 0 Å². The highest BCUT2D eigenvalue weighted by molar-refractivity contribution is 9.10. The number of anilines is 1. The summed E-state index contributed by atoms with van der Waals surface area (Å²) in [7, 11) is 0. The van der Waals surface area contributed by atoms with Crippen molar-refractivity contribution in [3.63, 3.8) is 0 Å². The summed E-state index contributed by atoms with van der Waals surface area (Å²) in [4.78, 5) is 12.1. The van der Waals surface area contributed by atoms with E-state index in [-0.39, 0.29) is 12.5 Å². The highest BCUT2D eigenvalue weighted by Crippen LogP contribution is 2.15. The monoisotopic (exact) mass is 347 g/mol. The molecule has 0 aliphatic rings. The van der Waals surface area contributed by atoms with Gasteiger partial charge in [0.1, 0.15) is 0 Å². The Balaban J connectivity index is 1.96. The number of amides is 1. The minimum atomic E-state index is -0.0348. The Morgan fingerprint density at radius 3 is 2.62 bits per heavy atom. The molecule has 0 atom stereocenters. The summed E-state index contributed by atoms with van der Waals surface area (Å²) in [6.45, 7) is 0.180. The molecule has 0 bridgehead atoms. The molecule has 0 unspecified atom stereocenters. The zero-order chi connectivity index (χ0) is 15.1. The van der Waals surface area contributed by atoms with E-state index in [1.165, 1.54) is 0 Å². The Bertz CT molecular complexity index is 613. The van der Waals surface area contributed by atoms with E-state index in [4.69, 9.17) is 5.11 Å². The largest absolute Gasteiger partial charge is 0.396 e. The molecule has 0 aliphatic carbocycles. The van der Waals surface area contributed by atoms with Gasteiger partial charge >= 0.3 is 0 Å². The number of rotatable bonds is 6. The Hall–Kier alpha value is -1.65. The van der Waals surface area contributed by atoms with Gasteiger partial charge in [-0.05, 0) is 48.2 Å². The summed E-state index contributed by atoms with van der Waals surface area (Å²) >= 11 is 3.40. The van der Waals surface area contributed by atoms with Crippen LogP contribution in [-0.2, 0) is 17.6 Å². The Labute approximate surface area is 133 Å². The van der Waals surface area contributed by atoms with Crippen molar-refractivity contribution in [2.45, 2.75) is 19.3 Å². The summed E-state index contributed by atoms with van der Waals surface area (Å²) in [5.74, 6) is -0.0348. The van der Waals surface area contributed by atoms with Crippen LogP contribution in [0.25, 0.3) is 0 Å². The van der Waals surface area contributed by atoms with Gasteiger partial charge in [0.15, 0.2) is 0 Å². The number of halogens is 1. The number of aliphatic hydroxyl groups is 1. The molecule has 2 rings (SSSR count). The van der Waals surface area contributed by atoms with Crippen LogP contribution < -0.4 is 5.32 Å². The van der Waals surface area contributed by atoms with Crippen molar-refractivity contribution in [3.05, 3.63) is 64.1 Å². The van der Waals surface area contributed by atoms with Crippen molar-refractivity contribution in [1.82, 2.24) is 0 Å². The Morgan fingerprint density at radius 2 is 1.86 bits per heavy atom. The Kier molecular flexibility index (Phi) is 5.96.